The Labute approximate surface area is 66.4 Å². The molecule has 1 aliphatic rings. The summed E-state index contributed by atoms with van der Waals surface area (Å²) in [6, 6.07) is 0. The van der Waals surface area contributed by atoms with Gasteiger partial charge in [0.2, 0.25) is 0 Å². The van der Waals surface area contributed by atoms with E-state index < -0.39 is 11.7 Å². The fourth-order valence-electron chi connectivity index (χ4n) is 1.38. The molecule has 0 aromatic heterocycles. The molecule has 3 heteroatoms. The highest BCUT2D eigenvalue weighted by molar-refractivity contribution is 5.50. The van der Waals surface area contributed by atoms with Crippen LogP contribution in [0.5, 0.6) is 0 Å². The molecule has 0 aromatic carbocycles. The van der Waals surface area contributed by atoms with Crippen molar-refractivity contribution in [3.8, 4) is 0 Å². The van der Waals surface area contributed by atoms with E-state index in [4.69, 9.17) is 4.74 Å². The summed E-state index contributed by atoms with van der Waals surface area (Å²) in [5, 5.41) is 9.39. The molecule has 1 fully saturated rings. The van der Waals surface area contributed by atoms with Gasteiger partial charge in [0.1, 0.15) is 11.9 Å². The van der Waals surface area contributed by atoms with Gasteiger partial charge in [0.15, 0.2) is 0 Å². The number of hydrogen-bond donors (Lipinski definition) is 1. The number of hydrogen-bond acceptors (Lipinski definition) is 3. The molecule has 0 aliphatic carbocycles. The maximum atomic E-state index is 10.1. The molecule has 3 nitrogen and oxygen atoms in total. The maximum Gasteiger partial charge on any atom is 0.122 e. The van der Waals surface area contributed by atoms with Crippen molar-refractivity contribution in [3.63, 3.8) is 0 Å². The Morgan fingerprint density at radius 3 is 2.82 bits per heavy atom. The van der Waals surface area contributed by atoms with Crippen molar-refractivity contribution in [1.29, 1.82) is 0 Å². The first-order valence-corrected chi connectivity index (χ1v) is 3.94. The van der Waals surface area contributed by atoms with Crippen LogP contribution >= 0.6 is 0 Å². The van der Waals surface area contributed by atoms with Crippen molar-refractivity contribution in [2.24, 2.45) is 0 Å². The molecule has 1 heterocycles. The van der Waals surface area contributed by atoms with Gasteiger partial charge in [-0.1, -0.05) is 6.92 Å². The van der Waals surface area contributed by atoms with E-state index in [-0.39, 0.29) is 12.5 Å². The number of ether oxygens (including phenoxy) is 1. The van der Waals surface area contributed by atoms with Crippen LogP contribution in [0.1, 0.15) is 26.7 Å². The van der Waals surface area contributed by atoms with E-state index in [0.29, 0.717) is 0 Å². The van der Waals surface area contributed by atoms with Crippen molar-refractivity contribution >= 4 is 6.29 Å². The summed E-state index contributed by atoms with van der Waals surface area (Å²) < 4.78 is 5.26. The zero-order valence-corrected chi connectivity index (χ0v) is 6.91. The maximum absolute atomic E-state index is 10.1. The number of aldehydes is 1. The highest BCUT2D eigenvalue weighted by Gasteiger charge is 2.55. The van der Waals surface area contributed by atoms with Crippen molar-refractivity contribution in [3.05, 3.63) is 0 Å². The number of aliphatic hydroxyl groups is 1. The van der Waals surface area contributed by atoms with Gasteiger partial charge in [-0.3, -0.25) is 0 Å². The number of carbonyl (C=O) groups is 1. The molecule has 0 amide bonds. The van der Waals surface area contributed by atoms with Crippen molar-refractivity contribution in [2.45, 2.75) is 44.5 Å². The van der Waals surface area contributed by atoms with Crippen LogP contribution in [0.4, 0.5) is 0 Å². The SMILES string of the molecule is CCC1OC1(C)C(O)CC=O. The summed E-state index contributed by atoms with van der Waals surface area (Å²) in [4.78, 5) is 10.1. The lowest BCUT2D eigenvalue weighted by Crippen LogP contribution is -2.29. The Morgan fingerprint density at radius 2 is 2.45 bits per heavy atom. The van der Waals surface area contributed by atoms with Gasteiger partial charge in [-0.15, -0.1) is 0 Å². The zero-order chi connectivity index (χ0) is 8.48. The molecule has 3 unspecified atom stereocenters. The van der Waals surface area contributed by atoms with E-state index in [1.165, 1.54) is 0 Å². The topological polar surface area (TPSA) is 49.8 Å². The van der Waals surface area contributed by atoms with Gasteiger partial charge in [0.05, 0.1) is 12.2 Å². The molecule has 0 spiro atoms. The first-order chi connectivity index (χ1) is 5.15. The summed E-state index contributed by atoms with van der Waals surface area (Å²) >= 11 is 0. The normalized spacial score (nSPS) is 38.3. The number of epoxide rings is 1. The largest absolute Gasteiger partial charge is 0.390 e. The molecule has 0 saturated carbocycles. The lowest BCUT2D eigenvalue weighted by atomic mass is 9.97. The quantitative estimate of drug-likeness (QED) is 0.479. The third-order valence-electron chi connectivity index (χ3n) is 2.33. The van der Waals surface area contributed by atoms with E-state index in [9.17, 15) is 9.90 Å². The van der Waals surface area contributed by atoms with Crippen LogP contribution in [0.25, 0.3) is 0 Å². The van der Waals surface area contributed by atoms with Crippen LogP contribution in [-0.2, 0) is 9.53 Å². The minimum absolute atomic E-state index is 0.137. The molecule has 1 saturated heterocycles. The van der Waals surface area contributed by atoms with Gasteiger partial charge in [0.25, 0.3) is 0 Å². The smallest absolute Gasteiger partial charge is 0.122 e. The van der Waals surface area contributed by atoms with E-state index in [1.807, 2.05) is 13.8 Å². The second-order valence-electron chi connectivity index (χ2n) is 3.12. The second kappa shape index (κ2) is 2.91. The van der Waals surface area contributed by atoms with Crippen molar-refractivity contribution < 1.29 is 14.6 Å². The lowest BCUT2D eigenvalue weighted by molar-refractivity contribution is -0.110. The number of rotatable bonds is 4. The van der Waals surface area contributed by atoms with Crippen LogP contribution in [0.2, 0.25) is 0 Å². The molecule has 64 valence electrons. The highest BCUT2D eigenvalue weighted by atomic mass is 16.6. The molecular weight excluding hydrogens is 144 g/mol. The van der Waals surface area contributed by atoms with Gasteiger partial charge in [-0.2, -0.15) is 0 Å². The van der Waals surface area contributed by atoms with Crippen molar-refractivity contribution in [2.75, 3.05) is 0 Å². The summed E-state index contributed by atoms with van der Waals surface area (Å²) in [6.45, 7) is 3.85. The second-order valence-corrected chi connectivity index (χ2v) is 3.12. The fraction of sp³-hybridized carbons (Fsp3) is 0.875. The predicted molar refractivity (Wildman–Crippen MR) is 40.3 cm³/mol. The molecule has 1 aliphatic heterocycles. The molecule has 1 rings (SSSR count). The van der Waals surface area contributed by atoms with Gasteiger partial charge in [-0.25, -0.2) is 0 Å². The van der Waals surface area contributed by atoms with Crippen LogP contribution in [-0.4, -0.2) is 29.2 Å². The first kappa shape index (κ1) is 8.68. The molecule has 0 radical (unpaired) electrons. The average molecular weight is 158 g/mol. The molecule has 1 N–H and O–H groups in total. The van der Waals surface area contributed by atoms with Gasteiger partial charge in [-0.05, 0) is 13.3 Å². The standard InChI is InChI=1S/C8H14O3/c1-3-7-8(2,11-7)6(10)4-5-9/h5-7,10H,3-4H2,1-2H3. The van der Waals surface area contributed by atoms with Crippen LogP contribution < -0.4 is 0 Å². The molecule has 0 bridgehead atoms. The first-order valence-electron chi connectivity index (χ1n) is 3.94. The Bertz CT molecular complexity index is 157. The molecule has 3 atom stereocenters. The average Bonchev–Trinajstić information content (AvgIpc) is 2.64. The third-order valence-corrected chi connectivity index (χ3v) is 2.33. The highest BCUT2D eigenvalue weighted by Crippen LogP contribution is 2.41. The summed E-state index contributed by atoms with van der Waals surface area (Å²) in [6.07, 6.45) is 1.30. The van der Waals surface area contributed by atoms with E-state index in [0.717, 1.165) is 12.7 Å². The minimum atomic E-state index is -0.634. The summed E-state index contributed by atoms with van der Waals surface area (Å²) in [7, 11) is 0. The zero-order valence-electron chi connectivity index (χ0n) is 6.91. The number of carbonyl (C=O) groups excluding carboxylic acids is 1. The molecular formula is C8H14O3. The fourth-order valence-corrected chi connectivity index (χ4v) is 1.38. The van der Waals surface area contributed by atoms with Gasteiger partial charge in [0, 0.05) is 6.42 Å². The number of aliphatic hydroxyl groups excluding tert-OH is 1. The molecule has 0 aromatic rings. The third kappa shape index (κ3) is 1.44. The summed E-state index contributed by atoms with van der Waals surface area (Å²) in [5.41, 5.74) is -0.449. The van der Waals surface area contributed by atoms with Crippen molar-refractivity contribution in [1.82, 2.24) is 0 Å². The van der Waals surface area contributed by atoms with E-state index >= 15 is 0 Å². The van der Waals surface area contributed by atoms with Gasteiger partial charge < -0.3 is 14.6 Å². The Balaban J connectivity index is 2.41. The van der Waals surface area contributed by atoms with Gasteiger partial charge >= 0.3 is 0 Å². The minimum Gasteiger partial charge on any atom is -0.390 e. The predicted octanol–water partition coefficient (Wildman–Crippen LogP) is 0.504. The monoisotopic (exact) mass is 158 g/mol. The Kier molecular flexibility index (Phi) is 2.30. The van der Waals surface area contributed by atoms with Crippen LogP contribution in [0, 0.1) is 0 Å². The van der Waals surface area contributed by atoms with Crippen LogP contribution in [0.3, 0.4) is 0 Å². The summed E-state index contributed by atoms with van der Waals surface area (Å²) in [5.74, 6) is 0. The van der Waals surface area contributed by atoms with E-state index in [2.05, 4.69) is 0 Å². The van der Waals surface area contributed by atoms with E-state index in [1.54, 1.807) is 0 Å². The Hall–Kier alpha value is -0.410. The Morgan fingerprint density at radius 1 is 1.82 bits per heavy atom. The molecule has 11 heavy (non-hydrogen) atoms. The lowest BCUT2D eigenvalue weighted by Gasteiger charge is -2.11. The van der Waals surface area contributed by atoms with Crippen LogP contribution in [0.15, 0.2) is 0 Å².